The molecule has 90 valence electrons. The summed E-state index contributed by atoms with van der Waals surface area (Å²) in [5.74, 6) is 0. The first-order valence-corrected chi connectivity index (χ1v) is 6.97. The molecule has 1 saturated heterocycles. The highest BCUT2D eigenvalue weighted by molar-refractivity contribution is 7.09. The van der Waals surface area contributed by atoms with Gasteiger partial charge in [-0.1, -0.05) is 20.8 Å². The lowest BCUT2D eigenvalue weighted by molar-refractivity contribution is 0.158. The fraction of sp³-hybridized carbons (Fsp3) is 0.769. The monoisotopic (exact) mass is 238 g/mol. The Morgan fingerprint density at radius 2 is 2.25 bits per heavy atom. The average Bonchev–Trinajstić information content (AvgIpc) is 2.75. The van der Waals surface area contributed by atoms with Crippen molar-refractivity contribution in [2.45, 2.75) is 52.5 Å². The first kappa shape index (κ1) is 12.1. The normalized spacial score (nSPS) is 26.2. The SMILES string of the molecule is Cc1nc(CC2(C(C)(C)C)CCCN2)cs1. The smallest absolute Gasteiger partial charge is 0.0897 e. The number of hydrogen-bond acceptors (Lipinski definition) is 3. The van der Waals surface area contributed by atoms with Crippen LogP contribution in [0.3, 0.4) is 0 Å². The highest BCUT2D eigenvalue weighted by Crippen LogP contribution is 2.39. The summed E-state index contributed by atoms with van der Waals surface area (Å²) in [7, 11) is 0. The van der Waals surface area contributed by atoms with Gasteiger partial charge in [0.1, 0.15) is 0 Å². The van der Waals surface area contributed by atoms with Crippen molar-refractivity contribution >= 4 is 11.3 Å². The van der Waals surface area contributed by atoms with E-state index in [-0.39, 0.29) is 5.54 Å². The summed E-state index contributed by atoms with van der Waals surface area (Å²) < 4.78 is 0. The van der Waals surface area contributed by atoms with Gasteiger partial charge in [-0.2, -0.15) is 0 Å². The van der Waals surface area contributed by atoms with E-state index in [1.165, 1.54) is 23.5 Å². The molecule has 2 heterocycles. The molecule has 2 nitrogen and oxygen atoms in total. The second-order valence-corrected chi connectivity index (χ2v) is 6.96. The highest BCUT2D eigenvalue weighted by atomic mass is 32.1. The first-order valence-electron chi connectivity index (χ1n) is 6.09. The van der Waals surface area contributed by atoms with E-state index in [0.29, 0.717) is 5.41 Å². The van der Waals surface area contributed by atoms with E-state index in [1.807, 2.05) is 0 Å². The van der Waals surface area contributed by atoms with E-state index in [4.69, 9.17) is 0 Å². The molecule has 1 fully saturated rings. The van der Waals surface area contributed by atoms with Crippen molar-refractivity contribution in [3.63, 3.8) is 0 Å². The molecule has 3 heteroatoms. The molecule has 1 aromatic heterocycles. The number of hydrogen-bond donors (Lipinski definition) is 1. The van der Waals surface area contributed by atoms with Crippen molar-refractivity contribution in [2.24, 2.45) is 5.41 Å². The quantitative estimate of drug-likeness (QED) is 0.856. The molecule has 0 spiro atoms. The molecule has 0 aromatic carbocycles. The molecule has 1 unspecified atom stereocenters. The maximum atomic E-state index is 4.61. The lowest BCUT2D eigenvalue weighted by atomic mass is 9.70. The second kappa shape index (κ2) is 4.11. The van der Waals surface area contributed by atoms with Gasteiger partial charge in [0, 0.05) is 17.3 Å². The molecule has 0 amide bonds. The maximum Gasteiger partial charge on any atom is 0.0897 e. The van der Waals surface area contributed by atoms with E-state index >= 15 is 0 Å². The van der Waals surface area contributed by atoms with Crippen LogP contribution in [0.1, 0.15) is 44.3 Å². The van der Waals surface area contributed by atoms with Gasteiger partial charge in [0.05, 0.1) is 10.7 Å². The largest absolute Gasteiger partial charge is 0.310 e. The standard InChI is InChI=1S/C13H22N2S/c1-10-15-11(9-16-10)8-13(12(2,3)4)6-5-7-14-13/h9,14H,5-8H2,1-4H3. The minimum atomic E-state index is 0.244. The molecule has 1 aliphatic rings. The van der Waals surface area contributed by atoms with Crippen molar-refractivity contribution in [3.05, 3.63) is 16.1 Å². The third kappa shape index (κ3) is 2.16. The number of rotatable bonds is 2. The predicted molar refractivity (Wildman–Crippen MR) is 70.0 cm³/mol. The zero-order valence-corrected chi connectivity index (χ0v) is 11.6. The van der Waals surface area contributed by atoms with Gasteiger partial charge in [-0.3, -0.25) is 0 Å². The Balaban J connectivity index is 2.21. The molecule has 0 radical (unpaired) electrons. The number of nitrogens with zero attached hydrogens (tertiary/aromatic N) is 1. The number of nitrogens with one attached hydrogen (secondary N) is 1. The Hall–Kier alpha value is -0.410. The molecule has 1 N–H and O–H groups in total. The molecule has 0 aliphatic carbocycles. The minimum absolute atomic E-state index is 0.244. The van der Waals surface area contributed by atoms with Gasteiger partial charge in [-0.25, -0.2) is 4.98 Å². The molecule has 0 bridgehead atoms. The fourth-order valence-electron chi connectivity index (χ4n) is 2.66. The van der Waals surface area contributed by atoms with Gasteiger partial charge in [-0.15, -0.1) is 11.3 Å². The Kier molecular flexibility index (Phi) is 3.10. The second-order valence-electron chi connectivity index (χ2n) is 5.90. The summed E-state index contributed by atoms with van der Waals surface area (Å²) in [5, 5.41) is 7.12. The molecular weight excluding hydrogens is 216 g/mol. The van der Waals surface area contributed by atoms with Crippen LogP contribution in [0, 0.1) is 12.3 Å². The van der Waals surface area contributed by atoms with Crippen LogP contribution in [0.25, 0.3) is 0 Å². The van der Waals surface area contributed by atoms with Crippen LogP contribution in [-0.2, 0) is 6.42 Å². The van der Waals surface area contributed by atoms with Gasteiger partial charge in [0.15, 0.2) is 0 Å². The van der Waals surface area contributed by atoms with Crippen LogP contribution in [-0.4, -0.2) is 17.1 Å². The van der Waals surface area contributed by atoms with Gasteiger partial charge >= 0.3 is 0 Å². The predicted octanol–water partition coefficient (Wildman–Crippen LogP) is 3.16. The van der Waals surface area contributed by atoms with Gasteiger partial charge in [0.25, 0.3) is 0 Å². The zero-order chi connectivity index (χ0) is 11.8. The summed E-state index contributed by atoms with van der Waals surface area (Å²) in [6.07, 6.45) is 3.63. The minimum Gasteiger partial charge on any atom is -0.310 e. The Bertz CT molecular complexity index is 356. The van der Waals surface area contributed by atoms with Crippen LogP contribution in [0.5, 0.6) is 0 Å². The lowest BCUT2D eigenvalue weighted by Gasteiger charge is -2.42. The van der Waals surface area contributed by atoms with E-state index < -0.39 is 0 Å². The Labute approximate surface area is 102 Å². The molecule has 0 saturated carbocycles. The van der Waals surface area contributed by atoms with E-state index in [1.54, 1.807) is 11.3 Å². The molecule has 2 rings (SSSR count). The zero-order valence-electron chi connectivity index (χ0n) is 10.8. The van der Waals surface area contributed by atoms with Gasteiger partial charge in [0.2, 0.25) is 0 Å². The van der Waals surface area contributed by atoms with Crippen LogP contribution < -0.4 is 5.32 Å². The third-order valence-electron chi connectivity index (χ3n) is 3.83. The van der Waals surface area contributed by atoms with E-state index in [9.17, 15) is 0 Å². The van der Waals surface area contributed by atoms with Crippen molar-refractivity contribution in [1.82, 2.24) is 10.3 Å². The first-order chi connectivity index (χ1) is 7.43. The summed E-state index contributed by atoms with van der Waals surface area (Å²) in [5.41, 5.74) is 1.79. The van der Waals surface area contributed by atoms with Gasteiger partial charge < -0.3 is 5.32 Å². The Morgan fingerprint density at radius 1 is 1.50 bits per heavy atom. The van der Waals surface area contributed by atoms with E-state index in [0.717, 1.165) is 13.0 Å². The number of aryl methyl sites for hydroxylation is 1. The molecule has 16 heavy (non-hydrogen) atoms. The van der Waals surface area contributed by atoms with Crippen molar-refractivity contribution in [3.8, 4) is 0 Å². The molecule has 1 aromatic rings. The van der Waals surface area contributed by atoms with Crippen molar-refractivity contribution in [1.29, 1.82) is 0 Å². The third-order valence-corrected chi connectivity index (χ3v) is 4.65. The fourth-order valence-corrected chi connectivity index (χ4v) is 3.27. The summed E-state index contributed by atoms with van der Waals surface area (Å²) >= 11 is 1.76. The van der Waals surface area contributed by atoms with Crippen LogP contribution in [0.15, 0.2) is 5.38 Å². The topological polar surface area (TPSA) is 24.9 Å². The van der Waals surface area contributed by atoms with Crippen LogP contribution in [0.4, 0.5) is 0 Å². The Morgan fingerprint density at radius 3 is 2.69 bits per heavy atom. The van der Waals surface area contributed by atoms with E-state index in [2.05, 4.69) is 43.4 Å². The van der Waals surface area contributed by atoms with Gasteiger partial charge in [-0.05, 0) is 31.7 Å². The summed E-state index contributed by atoms with van der Waals surface area (Å²) in [6, 6.07) is 0. The highest BCUT2D eigenvalue weighted by Gasteiger charge is 2.44. The van der Waals surface area contributed by atoms with Crippen LogP contribution in [0.2, 0.25) is 0 Å². The van der Waals surface area contributed by atoms with Crippen LogP contribution >= 0.6 is 11.3 Å². The summed E-state index contributed by atoms with van der Waals surface area (Å²) in [6.45, 7) is 10.3. The lowest BCUT2D eigenvalue weighted by Crippen LogP contribution is -2.52. The molecule has 1 aliphatic heterocycles. The molecular formula is C13H22N2S. The number of aromatic nitrogens is 1. The van der Waals surface area contributed by atoms with Crippen molar-refractivity contribution < 1.29 is 0 Å². The molecule has 1 atom stereocenters. The maximum absolute atomic E-state index is 4.61. The summed E-state index contributed by atoms with van der Waals surface area (Å²) in [4.78, 5) is 4.61. The average molecular weight is 238 g/mol. The number of thiazole rings is 1. The van der Waals surface area contributed by atoms with Crippen molar-refractivity contribution in [2.75, 3.05) is 6.54 Å².